The van der Waals surface area contributed by atoms with E-state index in [0.717, 1.165) is 18.6 Å². The number of aryl methyl sites for hydroxylation is 1. The number of furan rings is 1. The number of likely N-dealkylation sites (tertiary alicyclic amines) is 1. The molecular weight excluding hydrogens is 320 g/mol. The van der Waals surface area contributed by atoms with Crippen molar-refractivity contribution in [2.45, 2.75) is 46.1 Å². The number of hydrogen-bond acceptors (Lipinski definition) is 4. The average Bonchev–Trinajstić information content (AvgIpc) is 2.95. The van der Waals surface area contributed by atoms with Gasteiger partial charge in [0.15, 0.2) is 0 Å². The van der Waals surface area contributed by atoms with E-state index in [1.807, 2.05) is 44.7 Å². The van der Waals surface area contributed by atoms with Crippen LogP contribution in [-0.2, 0) is 9.53 Å². The molecule has 1 N–H and O–H groups in total. The number of carbonyl (C=O) groups excluding carboxylic acids is 2. The molecule has 0 bridgehead atoms. The van der Waals surface area contributed by atoms with E-state index in [4.69, 9.17) is 9.15 Å². The molecular formula is C19H28N2O4. The van der Waals surface area contributed by atoms with Gasteiger partial charge < -0.3 is 19.4 Å². The predicted molar refractivity (Wildman–Crippen MR) is 96.0 cm³/mol. The average molecular weight is 348 g/mol. The van der Waals surface area contributed by atoms with E-state index in [0.29, 0.717) is 31.3 Å². The Hall–Kier alpha value is -2.24. The monoisotopic (exact) mass is 348 g/mol. The third-order valence-electron chi connectivity index (χ3n) is 4.01. The van der Waals surface area contributed by atoms with Crippen LogP contribution in [0.15, 0.2) is 22.6 Å². The molecule has 0 atom stereocenters. The molecule has 0 saturated carbocycles. The quantitative estimate of drug-likeness (QED) is 0.847. The Balaban J connectivity index is 1.71. The predicted octanol–water partition coefficient (Wildman–Crippen LogP) is 3.36. The molecule has 2 heterocycles. The second kappa shape index (κ2) is 8.23. The first-order valence-corrected chi connectivity index (χ1v) is 8.73. The van der Waals surface area contributed by atoms with Crippen molar-refractivity contribution in [2.75, 3.05) is 19.6 Å². The zero-order valence-corrected chi connectivity index (χ0v) is 15.5. The first-order valence-electron chi connectivity index (χ1n) is 8.73. The van der Waals surface area contributed by atoms with Crippen LogP contribution in [0.2, 0.25) is 0 Å². The molecule has 2 amide bonds. The van der Waals surface area contributed by atoms with Crippen molar-refractivity contribution < 1.29 is 18.7 Å². The molecule has 1 fully saturated rings. The van der Waals surface area contributed by atoms with Gasteiger partial charge in [0.2, 0.25) is 5.91 Å². The fourth-order valence-corrected chi connectivity index (χ4v) is 2.70. The second-order valence-corrected chi connectivity index (χ2v) is 7.43. The lowest BCUT2D eigenvalue weighted by molar-refractivity contribution is -0.127. The first kappa shape index (κ1) is 19.1. The molecule has 1 aliphatic heterocycles. The lowest BCUT2D eigenvalue weighted by Crippen LogP contribution is -2.41. The molecule has 1 aliphatic rings. The number of nitrogens with zero attached hydrogens (tertiary/aromatic N) is 1. The van der Waals surface area contributed by atoms with E-state index < -0.39 is 5.60 Å². The fraction of sp³-hybridized carbons (Fsp3) is 0.579. The van der Waals surface area contributed by atoms with Gasteiger partial charge in [0.1, 0.15) is 17.1 Å². The molecule has 0 spiro atoms. The topological polar surface area (TPSA) is 71.8 Å². The van der Waals surface area contributed by atoms with Crippen LogP contribution < -0.4 is 5.32 Å². The maximum Gasteiger partial charge on any atom is 0.407 e. The summed E-state index contributed by atoms with van der Waals surface area (Å²) in [6.45, 7) is 9.37. The normalized spacial score (nSPS) is 16.2. The summed E-state index contributed by atoms with van der Waals surface area (Å²) in [6, 6.07) is 3.71. The molecule has 0 aromatic carbocycles. The van der Waals surface area contributed by atoms with Crippen LogP contribution in [0.1, 0.15) is 45.1 Å². The van der Waals surface area contributed by atoms with E-state index >= 15 is 0 Å². The van der Waals surface area contributed by atoms with Crippen molar-refractivity contribution in [3.63, 3.8) is 0 Å². The summed E-state index contributed by atoms with van der Waals surface area (Å²) >= 11 is 0. The summed E-state index contributed by atoms with van der Waals surface area (Å²) in [4.78, 5) is 25.7. The van der Waals surface area contributed by atoms with Crippen molar-refractivity contribution in [1.29, 1.82) is 0 Å². The molecule has 6 nitrogen and oxygen atoms in total. The molecule has 0 radical (unpaired) electrons. The van der Waals surface area contributed by atoms with E-state index in [2.05, 4.69) is 5.32 Å². The van der Waals surface area contributed by atoms with Crippen LogP contribution in [0.3, 0.4) is 0 Å². The first-order chi connectivity index (χ1) is 11.7. The Bertz CT molecular complexity index is 620. The van der Waals surface area contributed by atoms with Crippen LogP contribution >= 0.6 is 0 Å². The zero-order chi connectivity index (χ0) is 18.4. The highest BCUT2D eigenvalue weighted by molar-refractivity contribution is 5.91. The number of amides is 2. The Kier molecular flexibility index (Phi) is 6.28. The molecule has 1 aromatic rings. The summed E-state index contributed by atoms with van der Waals surface area (Å²) in [5, 5.41) is 2.81. The van der Waals surface area contributed by atoms with Crippen molar-refractivity contribution in [2.24, 2.45) is 5.92 Å². The number of hydrogen-bond donors (Lipinski definition) is 1. The molecule has 0 aliphatic carbocycles. The Morgan fingerprint density at radius 3 is 2.56 bits per heavy atom. The van der Waals surface area contributed by atoms with Crippen LogP contribution in [0.25, 0.3) is 6.08 Å². The Morgan fingerprint density at radius 2 is 2.00 bits per heavy atom. The van der Waals surface area contributed by atoms with Gasteiger partial charge in [-0.15, -0.1) is 0 Å². The van der Waals surface area contributed by atoms with Crippen LogP contribution in [-0.4, -0.2) is 42.1 Å². The SMILES string of the molecule is Cc1ccc(/C=C\C(=O)N2CCC(CNC(=O)OC(C)(C)C)CC2)o1. The highest BCUT2D eigenvalue weighted by Gasteiger charge is 2.23. The van der Waals surface area contributed by atoms with Gasteiger partial charge in [-0.2, -0.15) is 0 Å². The van der Waals surface area contributed by atoms with E-state index in [-0.39, 0.29) is 12.0 Å². The maximum absolute atomic E-state index is 12.2. The van der Waals surface area contributed by atoms with Gasteiger partial charge in [-0.25, -0.2) is 4.79 Å². The number of nitrogens with one attached hydrogen (secondary N) is 1. The third kappa shape index (κ3) is 6.64. The van der Waals surface area contributed by atoms with Gasteiger partial charge in [-0.05, 0) is 64.7 Å². The lowest BCUT2D eigenvalue weighted by atomic mass is 9.97. The van der Waals surface area contributed by atoms with Crippen molar-refractivity contribution in [3.8, 4) is 0 Å². The molecule has 0 unspecified atom stereocenters. The number of alkyl carbamates (subject to hydrolysis) is 1. The third-order valence-corrected chi connectivity index (χ3v) is 4.01. The minimum atomic E-state index is -0.487. The zero-order valence-electron chi connectivity index (χ0n) is 15.5. The molecule has 6 heteroatoms. The summed E-state index contributed by atoms with van der Waals surface area (Å²) in [5.41, 5.74) is -0.487. The highest BCUT2D eigenvalue weighted by Crippen LogP contribution is 2.17. The number of piperidine rings is 1. The lowest BCUT2D eigenvalue weighted by Gasteiger charge is -2.31. The van der Waals surface area contributed by atoms with E-state index in [9.17, 15) is 9.59 Å². The second-order valence-electron chi connectivity index (χ2n) is 7.43. The molecule has 2 rings (SSSR count). The minimum Gasteiger partial charge on any atom is -0.462 e. The molecule has 25 heavy (non-hydrogen) atoms. The number of ether oxygens (including phenoxy) is 1. The van der Waals surface area contributed by atoms with E-state index in [1.54, 1.807) is 12.2 Å². The number of rotatable bonds is 4. The largest absolute Gasteiger partial charge is 0.462 e. The Labute approximate surface area is 149 Å². The summed E-state index contributed by atoms with van der Waals surface area (Å²) < 4.78 is 10.6. The van der Waals surface area contributed by atoms with Gasteiger partial charge in [0, 0.05) is 25.7 Å². The minimum absolute atomic E-state index is 0.00685. The molecule has 138 valence electrons. The maximum atomic E-state index is 12.2. The van der Waals surface area contributed by atoms with Crippen LogP contribution in [0.4, 0.5) is 4.79 Å². The summed E-state index contributed by atoms with van der Waals surface area (Å²) in [7, 11) is 0. The smallest absolute Gasteiger partial charge is 0.407 e. The van der Waals surface area contributed by atoms with Gasteiger partial charge >= 0.3 is 6.09 Å². The summed E-state index contributed by atoms with van der Waals surface area (Å²) in [6.07, 6.45) is 4.61. The fourth-order valence-electron chi connectivity index (χ4n) is 2.70. The Morgan fingerprint density at radius 1 is 1.32 bits per heavy atom. The number of carbonyl (C=O) groups is 2. The standard InChI is InChI=1S/C19H28N2O4/c1-14-5-6-16(24-14)7-8-17(22)21-11-9-15(10-12-21)13-20-18(23)25-19(2,3)4/h5-8,15H,9-13H2,1-4H3,(H,20,23)/b8-7-. The van der Waals surface area contributed by atoms with Crippen molar-refractivity contribution in [1.82, 2.24) is 10.2 Å². The summed E-state index contributed by atoms with van der Waals surface area (Å²) in [5.74, 6) is 1.87. The van der Waals surface area contributed by atoms with Crippen molar-refractivity contribution in [3.05, 3.63) is 29.7 Å². The van der Waals surface area contributed by atoms with Gasteiger partial charge in [0.05, 0.1) is 0 Å². The molecule has 1 aromatic heterocycles. The van der Waals surface area contributed by atoms with Crippen LogP contribution in [0, 0.1) is 12.8 Å². The molecule has 1 saturated heterocycles. The van der Waals surface area contributed by atoms with E-state index in [1.165, 1.54) is 0 Å². The van der Waals surface area contributed by atoms with Gasteiger partial charge in [0.25, 0.3) is 0 Å². The van der Waals surface area contributed by atoms with Crippen molar-refractivity contribution >= 4 is 18.1 Å². The van der Waals surface area contributed by atoms with Gasteiger partial charge in [-0.3, -0.25) is 4.79 Å². The van der Waals surface area contributed by atoms with Crippen LogP contribution in [0.5, 0.6) is 0 Å². The van der Waals surface area contributed by atoms with Gasteiger partial charge in [-0.1, -0.05) is 0 Å². The highest BCUT2D eigenvalue weighted by atomic mass is 16.6.